The SMILES string of the molecule is CN(C)CCN(C)c1ccc(C(=O)Nc2c[nH]c3cnc(Nc4cc(F)cc(F)c4)nc23)c(N(C(=O)C(F)(F)F)C2CCOCC2)c1. The summed E-state index contributed by atoms with van der Waals surface area (Å²) in [6.07, 6.45) is -2.11. The lowest BCUT2D eigenvalue weighted by Gasteiger charge is -2.36. The van der Waals surface area contributed by atoms with Crippen LogP contribution >= 0.6 is 0 Å². The number of ether oxygens (including phenoxy) is 1. The van der Waals surface area contributed by atoms with E-state index in [9.17, 15) is 31.5 Å². The Labute approximate surface area is 266 Å². The maximum absolute atomic E-state index is 14.1. The fourth-order valence-electron chi connectivity index (χ4n) is 5.19. The van der Waals surface area contributed by atoms with Gasteiger partial charge in [-0.1, -0.05) is 0 Å². The van der Waals surface area contributed by atoms with Crippen molar-refractivity contribution in [2.24, 2.45) is 0 Å². The molecule has 3 N–H and O–H groups in total. The van der Waals surface area contributed by atoms with E-state index in [1.165, 1.54) is 24.5 Å². The number of benzene rings is 2. The van der Waals surface area contributed by atoms with Gasteiger partial charge in [0, 0.05) is 63.0 Å². The number of halogens is 5. The van der Waals surface area contributed by atoms with Gasteiger partial charge in [-0.15, -0.1) is 0 Å². The summed E-state index contributed by atoms with van der Waals surface area (Å²) in [6.45, 7) is 1.48. The van der Waals surface area contributed by atoms with Gasteiger partial charge in [-0.3, -0.25) is 9.59 Å². The molecule has 2 aromatic carbocycles. The van der Waals surface area contributed by atoms with Crippen LogP contribution < -0.4 is 20.4 Å². The summed E-state index contributed by atoms with van der Waals surface area (Å²) in [6, 6.07) is 6.35. The van der Waals surface area contributed by atoms with Crippen molar-refractivity contribution in [1.82, 2.24) is 19.9 Å². The first-order valence-corrected chi connectivity index (χ1v) is 14.7. The highest BCUT2D eigenvalue weighted by Crippen LogP contribution is 2.35. The number of aromatic amines is 1. The largest absolute Gasteiger partial charge is 0.471 e. The molecule has 0 radical (unpaired) electrons. The maximum atomic E-state index is 14.1. The molecule has 47 heavy (non-hydrogen) atoms. The van der Waals surface area contributed by atoms with Crippen LogP contribution in [0.2, 0.25) is 0 Å². The van der Waals surface area contributed by atoms with Gasteiger partial charge in [-0.25, -0.2) is 18.7 Å². The lowest BCUT2D eigenvalue weighted by molar-refractivity contribution is -0.171. The number of hydrogen-bond donors (Lipinski definition) is 3. The monoisotopic (exact) mass is 660 g/mol. The quantitative estimate of drug-likeness (QED) is 0.196. The number of aromatic nitrogens is 3. The van der Waals surface area contributed by atoms with E-state index in [-0.39, 0.29) is 60.1 Å². The smallest absolute Gasteiger partial charge is 0.381 e. The topological polar surface area (TPSA) is 119 Å². The number of fused-ring (bicyclic) bond motifs is 1. The minimum atomic E-state index is -5.21. The van der Waals surface area contributed by atoms with Crippen LogP contribution in [-0.2, 0) is 9.53 Å². The molecule has 250 valence electrons. The van der Waals surface area contributed by atoms with Crippen molar-refractivity contribution in [3.8, 4) is 0 Å². The van der Waals surface area contributed by atoms with Gasteiger partial charge in [0.05, 0.1) is 28.7 Å². The Morgan fingerprint density at radius 3 is 2.38 bits per heavy atom. The molecule has 0 spiro atoms. The van der Waals surface area contributed by atoms with E-state index in [4.69, 9.17) is 4.74 Å². The normalized spacial score (nSPS) is 14.0. The molecule has 1 saturated heterocycles. The highest BCUT2D eigenvalue weighted by atomic mass is 19.4. The molecular formula is C31H33F5N8O3. The third kappa shape index (κ3) is 7.94. The van der Waals surface area contributed by atoms with E-state index in [0.717, 1.165) is 12.1 Å². The lowest BCUT2D eigenvalue weighted by Crippen LogP contribution is -2.50. The summed E-state index contributed by atoms with van der Waals surface area (Å²) in [5.41, 5.74) is 0.943. The minimum absolute atomic E-state index is 0.0372. The van der Waals surface area contributed by atoms with Crippen LogP contribution in [0.1, 0.15) is 23.2 Å². The zero-order valence-electron chi connectivity index (χ0n) is 25.8. The molecule has 0 bridgehead atoms. The average Bonchev–Trinajstić information content (AvgIpc) is 3.41. The minimum Gasteiger partial charge on any atom is -0.381 e. The van der Waals surface area contributed by atoms with Crippen molar-refractivity contribution in [2.45, 2.75) is 25.1 Å². The van der Waals surface area contributed by atoms with Gasteiger partial charge in [0.1, 0.15) is 17.2 Å². The number of H-pyrrole nitrogens is 1. The fourth-order valence-corrected chi connectivity index (χ4v) is 5.19. The summed E-state index contributed by atoms with van der Waals surface area (Å²) < 4.78 is 74.9. The molecule has 0 aliphatic carbocycles. The van der Waals surface area contributed by atoms with Crippen molar-refractivity contribution >= 4 is 51.5 Å². The molecule has 0 unspecified atom stereocenters. The van der Waals surface area contributed by atoms with E-state index in [0.29, 0.717) is 35.3 Å². The Morgan fingerprint density at radius 1 is 1.02 bits per heavy atom. The van der Waals surface area contributed by atoms with Gasteiger partial charge in [-0.2, -0.15) is 13.2 Å². The number of anilines is 5. The average molecular weight is 661 g/mol. The Hall–Kier alpha value is -4.83. The zero-order valence-corrected chi connectivity index (χ0v) is 25.8. The second-order valence-corrected chi connectivity index (χ2v) is 11.3. The van der Waals surface area contributed by atoms with E-state index in [2.05, 4.69) is 25.6 Å². The predicted molar refractivity (Wildman–Crippen MR) is 167 cm³/mol. The van der Waals surface area contributed by atoms with Crippen molar-refractivity contribution in [1.29, 1.82) is 0 Å². The van der Waals surface area contributed by atoms with Crippen LogP contribution in [0.4, 0.5) is 50.6 Å². The Balaban J connectivity index is 1.52. The van der Waals surface area contributed by atoms with Crippen LogP contribution in [0.15, 0.2) is 48.8 Å². The third-order valence-electron chi connectivity index (χ3n) is 7.61. The first kappa shape index (κ1) is 33.5. The van der Waals surface area contributed by atoms with Gasteiger partial charge in [-0.05, 0) is 57.3 Å². The second-order valence-electron chi connectivity index (χ2n) is 11.3. The van der Waals surface area contributed by atoms with E-state index < -0.39 is 35.7 Å². The second kappa shape index (κ2) is 13.9. The van der Waals surface area contributed by atoms with E-state index in [1.807, 2.05) is 23.9 Å². The Bertz CT molecular complexity index is 1740. The van der Waals surface area contributed by atoms with Gasteiger partial charge < -0.3 is 35.1 Å². The molecular weight excluding hydrogens is 627 g/mol. The first-order chi connectivity index (χ1) is 22.3. The number of rotatable bonds is 10. The number of hydrogen-bond acceptors (Lipinski definition) is 8. The molecule has 1 fully saturated rings. The third-order valence-corrected chi connectivity index (χ3v) is 7.61. The highest BCUT2D eigenvalue weighted by Gasteiger charge is 2.46. The number of amides is 2. The molecule has 2 amide bonds. The number of nitrogens with one attached hydrogen (secondary N) is 3. The Kier molecular flexibility index (Phi) is 9.91. The summed E-state index contributed by atoms with van der Waals surface area (Å²) in [7, 11) is 5.54. The number of likely N-dealkylation sites (N-methyl/N-ethyl adjacent to an activating group) is 2. The van der Waals surface area contributed by atoms with Gasteiger partial charge in [0.25, 0.3) is 5.91 Å². The maximum Gasteiger partial charge on any atom is 0.471 e. The van der Waals surface area contributed by atoms with Gasteiger partial charge in [0.15, 0.2) is 0 Å². The summed E-state index contributed by atoms with van der Waals surface area (Å²) in [5, 5.41) is 5.39. The summed E-state index contributed by atoms with van der Waals surface area (Å²) >= 11 is 0. The van der Waals surface area contributed by atoms with E-state index in [1.54, 1.807) is 13.1 Å². The lowest BCUT2D eigenvalue weighted by atomic mass is 10.0. The number of alkyl halides is 3. The van der Waals surface area contributed by atoms with Crippen LogP contribution in [-0.4, -0.2) is 91.3 Å². The van der Waals surface area contributed by atoms with Crippen LogP contribution in [0, 0.1) is 11.6 Å². The van der Waals surface area contributed by atoms with Crippen molar-refractivity contribution in [2.75, 3.05) is 67.9 Å². The molecule has 0 atom stereocenters. The number of carbonyl (C=O) groups excluding carboxylic acids is 2. The molecule has 4 aromatic rings. The molecule has 11 nitrogen and oxygen atoms in total. The molecule has 1 aliphatic heterocycles. The van der Waals surface area contributed by atoms with Gasteiger partial charge in [0.2, 0.25) is 5.95 Å². The van der Waals surface area contributed by atoms with Crippen molar-refractivity contribution in [3.63, 3.8) is 0 Å². The molecule has 3 heterocycles. The van der Waals surface area contributed by atoms with Crippen molar-refractivity contribution < 1.29 is 36.3 Å². The van der Waals surface area contributed by atoms with Crippen LogP contribution in [0.5, 0.6) is 0 Å². The summed E-state index contributed by atoms with van der Waals surface area (Å²) in [5.74, 6) is -4.54. The van der Waals surface area contributed by atoms with Crippen LogP contribution in [0.25, 0.3) is 11.0 Å². The molecule has 2 aromatic heterocycles. The fraction of sp³-hybridized carbons (Fsp3) is 0.355. The van der Waals surface area contributed by atoms with Crippen molar-refractivity contribution in [3.05, 3.63) is 66.0 Å². The molecule has 16 heteroatoms. The van der Waals surface area contributed by atoms with Gasteiger partial charge >= 0.3 is 12.1 Å². The predicted octanol–water partition coefficient (Wildman–Crippen LogP) is 5.30. The molecule has 1 aliphatic rings. The Morgan fingerprint density at radius 2 is 1.72 bits per heavy atom. The zero-order chi connectivity index (χ0) is 33.9. The standard InChI is InChI=1S/C31H33F5N8O3/c1-42(2)8-9-43(3)22-4-5-23(26(15-22)44(29(46)31(34,35)36)21-6-10-47-11-7-21)28(45)40-25-17-37-24-16-38-30(41-27(24)25)39-20-13-18(32)12-19(33)14-20/h4-5,12-17,21,37H,6-11H2,1-3H3,(H,40,45)(H,38,39,41). The summed E-state index contributed by atoms with van der Waals surface area (Å²) in [4.78, 5) is 42.6. The highest BCUT2D eigenvalue weighted by molar-refractivity contribution is 6.14. The van der Waals surface area contributed by atoms with Crippen LogP contribution in [0.3, 0.4) is 0 Å². The number of nitrogens with zero attached hydrogens (tertiary/aromatic N) is 5. The van der Waals surface area contributed by atoms with E-state index >= 15 is 0 Å². The molecule has 0 saturated carbocycles. The number of carbonyl (C=O) groups is 2. The molecule has 5 rings (SSSR count). The first-order valence-electron chi connectivity index (χ1n) is 14.7.